The summed E-state index contributed by atoms with van der Waals surface area (Å²) >= 11 is 5.68. The highest BCUT2D eigenvalue weighted by Gasteiger charge is 2.13. The molecule has 0 radical (unpaired) electrons. The van der Waals surface area contributed by atoms with Crippen LogP contribution >= 0.6 is 11.6 Å². The zero-order valence-corrected chi connectivity index (χ0v) is 9.74. The van der Waals surface area contributed by atoms with Gasteiger partial charge in [-0.25, -0.2) is 0 Å². The van der Waals surface area contributed by atoms with Crippen molar-refractivity contribution in [3.05, 3.63) is 38.9 Å². The van der Waals surface area contributed by atoms with Crippen LogP contribution < -0.4 is 11.1 Å². The van der Waals surface area contributed by atoms with E-state index in [1.54, 1.807) is 12.1 Å². The molecule has 7 heteroatoms. The molecule has 0 spiro atoms. The van der Waals surface area contributed by atoms with Gasteiger partial charge in [0.05, 0.1) is 4.92 Å². The highest BCUT2D eigenvalue weighted by atomic mass is 35.5. The number of hydrogen-bond donors (Lipinski definition) is 2. The molecule has 0 aliphatic heterocycles. The van der Waals surface area contributed by atoms with Gasteiger partial charge in [0.15, 0.2) is 0 Å². The maximum absolute atomic E-state index is 10.8. The van der Waals surface area contributed by atoms with Crippen molar-refractivity contribution in [2.24, 2.45) is 5.73 Å². The highest BCUT2D eigenvalue weighted by Crippen LogP contribution is 2.22. The van der Waals surface area contributed by atoms with Crippen LogP contribution in [0.4, 0.5) is 5.69 Å². The van der Waals surface area contributed by atoms with Crippen LogP contribution in [-0.4, -0.2) is 17.4 Å². The Morgan fingerprint density at radius 1 is 1.53 bits per heavy atom. The summed E-state index contributed by atoms with van der Waals surface area (Å²) in [5.74, 6) is -0.414. The van der Waals surface area contributed by atoms with Gasteiger partial charge in [0, 0.05) is 36.2 Å². The van der Waals surface area contributed by atoms with Crippen LogP contribution in [0, 0.1) is 10.1 Å². The summed E-state index contributed by atoms with van der Waals surface area (Å²) in [5, 5.41) is 14.0. The number of carbonyl (C=O) groups excluding carboxylic acids is 1. The molecule has 0 saturated carbocycles. The van der Waals surface area contributed by atoms with Crippen molar-refractivity contribution in [1.82, 2.24) is 5.32 Å². The van der Waals surface area contributed by atoms with Gasteiger partial charge in [0.2, 0.25) is 5.91 Å². The molecule has 0 heterocycles. The maximum atomic E-state index is 10.8. The van der Waals surface area contributed by atoms with Crippen molar-refractivity contribution in [3.63, 3.8) is 0 Å². The average Bonchev–Trinajstić information content (AvgIpc) is 2.25. The monoisotopic (exact) mass is 257 g/mol. The molecule has 0 unspecified atom stereocenters. The number of nitrogens with one attached hydrogen (secondary N) is 1. The van der Waals surface area contributed by atoms with E-state index in [0.29, 0.717) is 23.7 Å². The third-order valence-electron chi connectivity index (χ3n) is 2.11. The summed E-state index contributed by atoms with van der Waals surface area (Å²) in [6.07, 6.45) is 0.196. The van der Waals surface area contributed by atoms with Gasteiger partial charge in [0.1, 0.15) is 0 Å². The van der Waals surface area contributed by atoms with Crippen LogP contribution in [0.2, 0.25) is 5.02 Å². The molecule has 0 aliphatic rings. The van der Waals surface area contributed by atoms with Crippen molar-refractivity contribution in [2.75, 3.05) is 6.54 Å². The van der Waals surface area contributed by atoms with E-state index in [1.807, 2.05) is 0 Å². The Kier molecular flexibility index (Phi) is 4.86. The summed E-state index contributed by atoms with van der Waals surface area (Å²) in [6, 6.07) is 4.46. The molecule has 0 atom stereocenters. The maximum Gasteiger partial charge on any atom is 0.275 e. The van der Waals surface area contributed by atoms with E-state index in [0.717, 1.165) is 0 Å². The molecule has 6 nitrogen and oxygen atoms in total. The van der Waals surface area contributed by atoms with Crippen molar-refractivity contribution >= 4 is 23.2 Å². The number of nitro groups is 1. The fourth-order valence-corrected chi connectivity index (χ4v) is 1.46. The molecule has 1 amide bonds. The standard InChI is InChI=1S/C10H12ClN3O3/c11-8-2-1-7(9(5-8)14(16)17)6-13-4-3-10(12)15/h1-2,5,13H,3-4,6H2,(H2,12,15). The summed E-state index contributed by atoms with van der Waals surface area (Å²) in [7, 11) is 0. The largest absolute Gasteiger partial charge is 0.370 e. The van der Waals surface area contributed by atoms with Crippen molar-refractivity contribution in [3.8, 4) is 0 Å². The van der Waals surface area contributed by atoms with Gasteiger partial charge in [0.25, 0.3) is 5.69 Å². The van der Waals surface area contributed by atoms with Gasteiger partial charge in [-0.3, -0.25) is 14.9 Å². The molecule has 92 valence electrons. The predicted molar refractivity (Wildman–Crippen MR) is 63.6 cm³/mol. The minimum absolute atomic E-state index is 0.0379. The summed E-state index contributed by atoms with van der Waals surface area (Å²) in [6.45, 7) is 0.676. The molecule has 0 bridgehead atoms. The molecular formula is C10H12ClN3O3. The first-order valence-corrected chi connectivity index (χ1v) is 5.30. The fourth-order valence-electron chi connectivity index (χ4n) is 1.29. The second kappa shape index (κ2) is 6.17. The summed E-state index contributed by atoms with van der Waals surface area (Å²) in [5.41, 5.74) is 5.44. The lowest BCUT2D eigenvalue weighted by Crippen LogP contribution is -2.21. The zero-order chi connectivity index (χ0) is 12.8. The first kappa shape index (κ1) is 13.4. The fraction of sp³-hybridized carbons (Fsp3) is 0.300. The number of nitrogens with two attached hydrogens (primary N) is 1. The average molecular weight is 258 g/mol. The second-order valence-corrected chi connectivity index (χ2v) is 3.86. The van der Waals surface area contributed by atoms with Crippen LogP contribution in [0.1, 0.15) is 12.0 Å². The predicted octanol–water partition coefficient (Wildman–Crippen LogP) is 1.21. The molecular weight excluding hydrogens is 246 g/mol. The number of nitro benzene ring substituents is 1. The van der Waals surface area contributed by atoms with E-state index in [9.17, 15) is 14.9 Å². The number of halogens is 1. The lowest BCUT2D eigenvalue weighted by molar-refractivity contribution is -0.385. The number of rotatable bonds is 6. The van der Waals surface area contributed by atoms with Crippen molar-refractivity contribution < 1.29 is 9.72 Å². The molecule has 3 N–H and O–H groups in total. The normalized spacial score (nSPS) is 10.2. The Morgan fingerprint density at radius 3 is 2.82 bits per heavy atom. The Morgan fingerprint density at radius 2 is 2.24 bits per heavy atom. The molecule has 0 aromatic heterocycles. The zero-order valence-electron chi connectivity index (χ0n) is 8.98. The number of amides is 1. The van der Waals surface area contributed by atoms with Gasteiger partial charge in [-0.15, -0.1) is 0 Å². The Labute approximate surface area is 103 Å². The number of carbonyl (C=O) groups is 1. The van der Waals surface area contributed by atoms with Gasteiger partial charge in [-0.2, -0.15) is 0 Å². The minimum Gasteiger partial charge on any atom is -0.370 e. The SMILES string of the molecule is NC(=O)CCNCc1ccc(Cl)cc1[N+](=O)[O-]. The van der Waals surface area contributed by atoms with Gasteiger partial charge < -0.3 is 11.1 Å². The number of hydrogen-bond acceptors (Lipinski definition) is 4. The first-order valence-electron chi connectivity index (χ1n) is 4.92. The third kappa shape index (κ3) is 4.38. The van der Waals surface area contributed by atoms with Gasteiger partial charge >= 0.3 is 0 Å². The smallest absolute Gasteiger partial charge is 0.275 e. The van der Waals surface area contributed by atoms with Crippen LogP contribution in [0.25, 0.3) is 0 Å². The third-order valence-corrected chi connectivity index (χ3v) is 2.34. The van der Waals surface area contributed by atoms with E-state index in [1.165, 1.54) is 6.07 Å². The molecule has 1 rings (SSSR count). The van der Waals surface area contributed by atoms with E-state index < -0.39 is 10.8 Å². The molecule has 0 fully saturated rings. The molecule has 17 heavy (non-hydrogen) atoms. The van der Waals surface area contributed by atoms with Crippen molar-refractivity contribution in [2.45, 2.75) is 13.0 Å². The number of primary amides is 1. The molecule has 0 saturated heterocycles. The van der Waals surface area contributed by atoms with Crippen LogP contribution in [0.3, 0.4) is 0 Å². The van der Waals surface area contributed by atoms with E-state index in [4.69, 9.17) is 17.3 Å². The summed E-state index contributed by atoms with van der Waals surface area (Å²) < 4.78 is 0. The molecule has 1 aromatic rings. The van der Waals surface area contributed by atoms with E-state index >= 15 is 0 Å². The van der Waals surface area contributed by atoms with E-state index in [2.05, 4.69) is 5.32 Å². The van der Waals surface area contributed by atoms with Crippen LogP contribution in [-0.2, 0) is 11.3 Å². The lowest BCUT2D eigenvalue weighted by Gasteiger charge is -2.04. The highest BCUT2D eigenvalue weighted by molar-refractivity contribution is 6.30. The Bertz CT molecular complexity index is 437. The van der Waals surface area contributed by atoms with E-state index in [-0.39, 0.29) is 12.1 Å². The van der Waals surface area contributed by atoms with Gasteiger partial charge in [-0.05, 0) is 12.1 Å². The first-order chi connectivity index (χ1) is 8.00. The summed E-state index contributed by atoms with van der Waals surface area (Å²) in [4.78, 5) is 20.8. The van der Waals surface area contributed by atoms with Gasteiger partial charge in [-0.1, -0.05) is 11.6 Å². The molecule has 1 aromatic carbocycles. The second-order valence-electron chi connectivity index (χ2n) is 3.42. The van der Waals surface area contributed by atoms with Crippen LogP contribution in [0.5, 0.6) is 0 Å². The lowest BCUT2D eigenvalue weighted by atomic mass is 10.2. The molecule has 0 aliphatic carbocycles. The number of benzene rings is 1. The minimum atomic E-state index is -0.489. The number of nitrogens with zero attached hydrogens (tertiary/aromatic N) is 1. The Hall–Kier alpha value is -1.66. The van der Waals surface area contributed by atoms with Crippen molar-refractivity contribution in [1.29, 1.82) is 0 Å². The quantitative estimate of drug-likeness (QED) is 0.455. The Balaban J connectivity index is 2.64. The van der Waals surface area contributed by atoms with Crippen LogP contribution in [0.15, 0.2) is 18.2 Å². The topological polar surface area (TPSA) is 98.3 Å².